The molecule has 1 aromatic carbocycles. The van der Waals surface area contributed by atoms with Crippen LogP contribution in [0.15, 0.2) is 34.3 Å². The third-order valence-corrected chi connectivity index (χ3v) is 4.96. The van der Waals surface area contributed by atoms with Crippen LogP contribution in [0.1, 0.15) is 25.3 Å². The molecule has 0 spiro atoms. The van der Waals surface area contributed by atoms with Crippen molar-refractivity contribution in [2.24, 2.45) is 10.9 Å². The molecule has 0 aliphatic rings. The summed E-state index contributed by atoms with van der Waals surface area (Å²) in [5.41, 5.74) is 5.93. The minimum atomic E-state index is -3.31. The average molecular weight is 313 g/mol. The molecule has 0 aliphatic heterocycles. The van der Waals surface area contributed by atoms with Crippen LogP contribution in [0.3, 0.4) is 0 Å². The van der Waals surface area contributed by atoms with Crippen molar-refractivity contribution in [2.45, 2.75) is 24.7 Å². The van der Waals surface area contributed by atoms with Gasteiger partial charge in [-0.05, 0) is 44.3 Å². The Morgan fingerprint density at radius 3 is 2.43 bits per heavy atom. The predicted molar refractivity (Wildman–Crippen MR) is 83.4 cm³/mol. The molecular weight excluding hydrogens is 290 g/mol. The van der Waals surface area contributed by atoms with Crippen molar-refractivity contribution in [1.29, 1.82) is 0 Å². The van der Waals surface area contributed by atoms with Gasteiger partial charge in [-0.1, -0.05) is 18.5 Å². The first-order chi connectivity index (χ1) is 9.90. The molecule has 7 heteroatoms. The maximum Gasteiger partial charge on any atom is 0.179 e. The van der Waals surface area contributed by atoms with Gasteiger partial charge >= 0.3 is 0 Å². The fourth-order valence-electron chi connectivity index (χ4n) is 1.82. The first kappa shape index (κ1) is 17.5. The molecule has 0 fully saturated rings. The van der Waals surface area contributed by atoms with E-state index >= 15 is 0 Å². The molecule has 21 heavy (non-hydrogen) atoms. The van der Waals surface area contributed by atoms with Crippen molar-refractivity contribution in [3.8, 4) is 0 Å². The lowest BCUT2D eigenvalue weighted by Gasteiger charge is -2.16. The topological polar surface area (TPSA) is 96.0 Å². The van der Waals surface area contributed by atoms with Gasteiger partial charge < -0.3 is 15.8 Å². The van der Waals surface area contributed by atoms with Crippen LogP contribution in [0.5, 0.6) is 0 Å². The monoisotopic (exact) mass is 313 g/mol. The largest absolute Gasteiger partial charge is 0.409 e. The summed E-state index contributed by atoms with van der Waals surface area (Å²) < 4.78 is 24.4. The number of nitrogens with two attached hydrogens (primary N) is 1. The van der Waals surface area contributed by atoms with Crippen molar-refractivity contribution in [3.05, 3.63) is 29.8 Å². The highest BCUT2D eigenvalue weighted by Gasteiger charge is 2.15. The minimum Gasteiger partial charge on any atom is -0.409 e. The summed E-state index contributed by atoms with van der Waals surface area (Å²) in [4.78, 5) is 2.27. The second-order valence-electron chi connectivity index (χ2n) is 4.99. The highest BCUT2D eigenvalue weighted by atomic mass is 32.2. The number of hydrogen-bond acceptors (Lipinski definition) is 5. The van der Waals surface area contributed by atoms with Gasteiger partial charge in [0.1, 0.15) is 0 Å². The Morgan fingerprint density at radius 1 is 1.29 bits per heavy atom. The number of nitrogens with zero attached hydrogens (tertiary/aromatic N) is 2. The van der Waals surface area contributed by atoms with Gasteiger partial charge in [-0.3, -0.25) is 0 Å². The molecule has 0 aromatic heterocycles. The molecular formula is C14H23N3O3S. The lowest BCUT2D eigenvalue weighted by atomic mass is 10.2. The fourth-order valence-corrected chi connectivity index (χ4v) is 3.16. The lowest BCUT2D eigenvalue weighted by Crippen LogP contribution is -2.26. The predicted octanol–water partition coefficient (Wildman–Crippen LogP) is 1.29. The average Bonchev–Trinajstić information content (AvgIpc) is 2.50. The maximum absolute atomic E-state index is 12.2. The smallest absolute Gasteiger partial charge is 0.179 e. The van der Waals surface area contributed by atoms with E-state index < -0.39 is 9.84 Å². The normalized spacial score (nSPS) is 12.8. The maximum atomic E-state index is 12.2. The van der Waals surface area contributed by atoms with Crippen LogP contribution in [0.4, 0.5) is 0 Å². The summed E-state index contributed by atoms with van der Waals surface area (Å²) in [7, 11) is -1.39. The Morgan fingerprint density at radius 2 is 1.90 bits per heavy atom. The molecule has 3 N–H and O–H groups in total. The number of unbranched alkanes of at least 4 members (excludes halogenated alkanes) is 1. The summed E-state index contributed by atoms with van der Waals surface area (Å²) in [5, 5.41) is 11.4. The molecule has 0 aliphatic carbocycles. The molecule has 0 amide bonds. The van der Waals surface area contributed by atoms with Crippen molar-refractivity contribution in [2.75, 3.05) is 25.9 Å². The van der Waals surface area contributed by atoms with Gasteiger partial charge in [0, 0.05) is 12.1 Å². The molecule has 0 saturated heterocycles. The first-order valence-corrected chi connectivity index (χ1v) is 8.55. The van der Waals surface area contributed by atoms with E-state index in [0.29, 0.717) is 12.1 Å². The van der Waals surface area contributed by atoms with E-state index in [-0.39, 0.29) is 16.5 Å². The van der Waals surface area contributed by atoms with Crippen molar-refractivity contribution >= 4 is 15.7 Å². The van der Waals surface area contributed by atoms with Crippen molar-refractivity contribution < 1.29 is 13.6 Å². The van der Waals surface area contributed by atoms with Gasteiger partial charge in [0.15, 0.2) is 15.7 Å². The minimum absolute atomic E-state index is 0.0433. The molecule has 0 saturated carbocycles. The SMILES string of the molecule is CCCCN(C)CCS(=O)(=O)c1ccc(/C(N)=N/O)cc1. The number of benzene rings is 1. The Balaban J connectivity index is 2.70. The highest BCUT2D eigenvalue weighted by molar-refractivity contribution is 7.91. The molecule has 6 nitrogen and oxygen atoms in total. The Labute approximate surface area is 126 Å². The summed E-state index contributed by atoms with van der Waals surface area (Å²) in [6, 6.07) is 6.02. The summed E-state index contributed by atoms with van der Waals surface area (Å²) in [6.45, 7) is 3.51. The quantitative estimate of drug-likeness (QED) is 0.326. The zero-order valence-electron chi connectivity index (χ0n) is 12.5. The van der Waals surface area contributed by atoms with Crippen LogP contribution < -0.4 is 5.73 Å². The highest BCUT2D eigenvalue weighted by Crippen LogP contribution is 2.13. The Bertz CT molecular complexity index is 568. The van der Waals surface area contributed by atoms with Gasteiger partial charge in [-0.25, -0.2) is 8.42 Å². The van der Waals surface area contributed by atoms with Crippen molar-refractivity contribution in [1.82, 2.24) is 4.90 Å². The van der Waals surface area contributed by atoms with Crippen LogP contribution >= 0.6 is 0 Å². The third-order valence-electron chi connectivity index (χ3n) is 3.25. The molecule has 0 bridgehead atoms. The van der Waals surface area contributed by atoms with Gasteiger partial charge in [0.05, 0.1) is 10.6 Å². The van der Waals surface area contributed by atoms with E-state index in [4.69, 9.17) is 10.9 Å². The third kappa shape index (κ3) is 5.35. The molecule has 0 heterocycles. The standard InChI is InChI=1S/C14H23N3O3S/c1-3-4-9-17(2)10-11-21(19,20)13-7-5-12(6-8-13)14(15)16-18/h5-8,18H,3-4,9-11H2,1-2H3,(H2,15,16). The van der Waals surface area contributed by atoms with E-state index in [2.05, 4.69) is 12.1 Å². The second kappa shape index (κ2) is 7.99. The number of sulfone groups is 1. The number of amidine groups is 1. The summed E-state index contributed by atoms with van der Waals surface area (Å²) in [5.74, 6) is 0.0362. The molecule has 118 valence electrons. The Kier molecular flexibility index (Phi) is 6.64. The summed E-state index contributed by atoms with van der Waals surface area (Å²) in [6.07, 6.45) is 2.15. The Hall–Kier alpha value is -1.60. The number of rotatable bonds is 8. The zero-order valence-corrected chi connectivity index (χ0v) is 13.3. The first-order valence-electron chi connectivity index (χ1n) is 6.90. The van der Waals surface area contributed by atoms with Crippen LogP contribution in [0.2, 0.25) is 0 Å². The molecule has 1 rings (SSSR count). The molecule has 0 radical (unpaired) electrons. The van der Waals surface area contributed by atoms with Crippen LogP contribution in [-0.2, 0) is 9.84 Å². The summed E-state index contributed by atoms with van der Waals surface area (Å²) >= 11 is 0. The van der Waals surface area contributed by atoms with Gasteiger partial charge in [0.25, 0.3) is 0 Å². The zero-order chi connectivity index (χ0) is 15.9. The van der Waals surface area contributed by atoms with E-state index in [1.807, 2.05) is 11.9 Å². The van der Waals surface area contributed by atoms with Crippen LogP contribution in [0, 0.1) is 0 Å². The molecule has 1 aromatic rings. The van der Waals surface area contributed by atoms with Gasteiger partial charge in [-0.15, -0.1) is 0 Å². The van der Waals surface area contributed by atoms with E-state index in [0.717, 1.165) is 19.4 Å². The van der Waals surface area contributed by atoms with Crippen molar-refractivity contribution in [3.63, 3.8) is 0 Å². The molecule has 0 unspecified atom stereocenters. The molecule has 0 atom stereocenters. The van der Waals surface area contributed by atoms with Crippen LogP contribution in [-0.4, -0.2) is 50.3 Å². The van der Waals surface area contributed by atoms with E-state index in [1.54, 1.807) is 0 Å². The van der Waals surface area contributed by atoms with Gasteiger partial charge in [-0.2, -0.15) is 0 Å². The number of oxime groups is 1. The fraction of sp³-hybridized carbons (Fsp3) is 0.500. The lowest BCUT2D eigenvalue weighted by molar-refractivity contribution is 0.318. The van der Waals surface area contributed by atoms with E-state index in [9.17, 15) is 8.42 Å². The van der Waals surface area contributed by atoms with Crippen LogP contribution in [0.25, 0.3) is 0 Å². The second-order valence-corrected chi connectivity index (χ2v) is 7.09. The van der Waals surface area contributed by atoms with E-state index in [1.165, 1.54) is 24.3 Å². The van der Waals surface area contributed by atoms with Gasteiger partial charge in [0.2, 0.25) is 0 Å². The number of hydrogen-bond donors (Lipinski definition) is 2.